The fourth-order valence-electron chi connectivity index (χ4n) is 3.34. The Hall–Kier alpha value is -0.600. The van der Waals surface area contributed by atoms with Crippen molar-refractivity contribution in [1.82, 2.24) is 4.90 Å². The van der Waals surface area contributed by atoms with Crippen LogP contribution in [0.25, 0.3) is 0 Å². The molecular formula is C12H19F2N. The van der Waals surface area contributed by atoms with Gasteiger partial charge in [-0.25, -0.2) is 0 Å². The molecule has 3 heteroatoms. The van der Waals surface area contributed by atoms with E-state index in [0.717, 1.165) is 25.8 Å². The number of fused-ring (bicyclic) bond motifs is 1. The molecule has 2 heterocycles. The molecule has 0 bridgehead atoms. The Labute approximate surface area is 90.1 Å². The highest BCUT2D eigenvalue weighted by atomic mass is 19.3. The molecule has 2 aliphatic heterocycles. The molecule has 0 aromatic carbocycles. The van der Waals surface area contributed by atoms with Crippen molar-refractivity contribution >= 4 is 0 Å². The first-order valence-corrected chi connectivity index (χ1v) is 5.70. The van der Waals surface area contributed by atoms with Crippen LogP contribution in [0, 0.1) is 5.41 Å². The van der Waals surface area contributed by atoms with Gasteiger partial charge in [-0.1, -0.05) is 20.8 Å². The lowest BCUT2D eigenvalue weighted by molar-refractivity contribution is 0.0749. The lowest BCUT2D eigenvalue weighted by Crippen LogP contribution is -2.48. The monoisotopic (exact) mass is 215 g/mol. The molecule has 2 saturated heterocycles. The van der Waals surface area contributed by atoms with Crippen LogP contribution in [-0.2, 0) is 0 Å². The van der Waals surface area contributed by atoms with Crippen LogP contribution in [0.4, 0.5) is 8.78 Å². The molecule has 0 spiro atoms. The second-order valence-corrected chi connectivity index (χ2v) is 5.74. The molecule has 0 saturated carbocycles. The van der Waals surface area contributed by atoms with Crippen molar-refractivity contribution in [2.45, 2.75) is 52.0 Å². The van der Waals surface area contributed by atoms with Crippen molar-refractivity contribution in [2.24, 2.45) is 5.41 Å². The van der Waals surface area contributed by atoms with Crippen LogP contribution in [0.1, 0.15) is 46.5 Å². The zero-order valence-electron chi connectivity index (χ0n) is 9.74. The highest BCUT2D eigenvalue weighted by Gasteiger charge is 2.54. The number of halogens is 2. The maximum Gasteiger partial charge on any atom is 0.289 e. The van der Waals surface area contributed by atoms with Gasteiger partial charge in [-0.3, -0.25) is 0 Å². The molecule has 0 aromatic heterocycles. The maximum absolute atomic E-state index is 12.8. The minimum atomic E-state index is -1.47. The van der Waals surface area contributed by atoms with Crippen molar-refractivity contribution in [1.29, 1.82) is 0 Å². The maximum atomic E-state index is 12.8. The van der Waals surface area contributed by atoms with Gasteiger partial charge in [0.15, 0.2) is 0 Å². The predicted octanol–water partition coefficient (Wildman–Crippen LogP) is 3.77. The molecular weight excluding hydrogens is 196 g/mol. The van der Waals surface area contributed by atoms with E-state index in [0.29, 0.717) is 12.1 Å². The van der Waals surface area contributed by atoms with Gasteiger partial charge in [-0.2, -0.15) is 8.78 Å². The number of nitrogens with zero attached hydrogens (tertiary/aromatic N) is 1. The number of allylic oxidation sites excluding steroid dienone is 1. The van der Waals surface area contributed by atoms with Crippen LogP contribution in [0.2, 0.25) is 0 Å². The third-order valence-corrected chi connectivity index (χ3v) is 4.20. The Bertz CT molecular complexity index is 299. The van der Waals surface area contributed by atoms with Gasteiger partial charge in [0.25, 0.3) is 6.08 Å². The van der Waals surface area contributed by atoms with Gasteiger partial charge in [-0.05, 0) is 31.1 Å². The summed E-state index contributed by atoms with van der Waals surface area (Å²) in [6.45, 7) is 7.32. The second-order valence-electron chi connectivity index (χ2n) is 5.74. The molecule has 0 aliphatic carbocycles. The molecule has 15 heavy (non-hydrogen) atoms. The van der Waals surface area contributed by atoms with Crippen molar-refractivity contribution < 1.29 is 8.78 Å². The average molecular weight is 215 g/mol. The Morgan fingerprint density at radius 3 is 2.47 bits per heavy atom. The summed E-state index contributed by atoms with van der Waals surface area (Å²) in [4.78, 5) is 1.99. The Morgan fingerprint density at radius 1 is 1.27 bits per heavy atom. The van der Waals surface area contributed by atoms with E-state index in [1.165, 1.54) is 0 Å². The largest absolute Gasteiger partial charge is 0.364 e. The standard InChI is InChI=1S/C12H19F2N/c1-11(2,3)12-6-4-8-15(12)9(5-7-12)10(13)14/h4-8H2,1-3H3. The van der Waals surface area contributed by atoms with Crippen LogP contribution in [0.3, 0.4) is 0 Å². The molecule has 2 fully saturated rings. The summed E-state index contributed by atoms with van der Waals surface area (Å²) in [5.41, 5.74) is 0.384. The third-order valence-electron chi connectivity index (χ3n) is 4.20. The number of rotatable bonds is 0. The van der Waals surface area contributed by atoms with Crippen molar-refractivity contribution in [3.8, 4) is 0 Å². The van der Waals surface area contributed by atoms with Gasteiger partial charge in [0.2, 0.25) is 0 Å². The molecule has 1 atom stereocenters. The predicted molar refractivity (Wildman–Crippen MR) is 56.6 cm³/mol. The molecule has 0 N–H and O–H groups in total. The van der Waals surface area contributed by atoms with E-state index in [1.54, 1.807) is 0 Å². The molecule has 1 nitrogen and oxygen atoms in total. The van der Waals surface area contributed by atoms with Gasteiger partial charge in [0, 0.05) is 12.1 Å². The van der Waals surface area contributed by atoms with E-state index < -0.39 is 6.08 Å². The quantitative estimate of drug-likeness (QED) is 0.594. The molecule has 1 unspecified atom stereocenters. The fourth-order valence-corrected chi connectivity index (χ4v) is 3.34. The van der Waals surface area contributed by atoms with Gasteiger partial charge in [0.05, 0.1) is 5.70 Å². The Morgan fingerprint density at radius 2 is 1.93 bits per heavy atom. The van der Waals surface area contributed by atoms with E-state index >= 15 is 0 Å². The van der Waals surface area contributed by atoms with Gasteiger partial charge in [-0.15, -0.1) is 0 Å². The van der Waals surface area contributed by atoms with Gasteiger partial charge >= 0.3 is 0 Å². The summed E-state index contributed by atoms with van der Waals surface area (Å²) >= 11 is 0. The average Bonchev–Trinajstić information content (AvgIpc) is 2.56. The fraction of sp³-hybridized carbons (Fsp3) is 0.833. The number of hydrogen-bond donors (Lipinski definition) is 0. The normalized spacial score (nSPS) is 31.0. The van der Waals surface area contributed by atoms with Crippen LogP contribution in [0.5, 0.6) is 0 Å². The van der Waals surface area contributed by atoms with Crippen LogP contribution < -0.4 is 0 Å². The van der Waals surface area contributed by atoms with E-state index in [9.17, 15) is 8.78 Å². The Kier molecular flexibility index (Phi) is 2.32. The first-order chi connectivity index (χ1) is 6.88. The lowest BCUT2D eigenvalue weighted by atomic mass is 9.71. The van der Waals surface area contributed by atoms with Crippen LogP contribution >= 0.6 is 0 Å². The number of hydrogen-bond acceptors (Lipinski definition) is 1. The smallest absolute Gasteiger partial charge is 0.289 e. The van der Waals surface area contributed by atoms with Crippen molar-refractivity contribution in [2.75, 3.05) is 6.54 Å². The highest BCUT2D eigenvalue weighted by molar-refractivity contribution is 5.21. The van der Waals surface area contributed by atoms with E-state index in [4.69, 9.17) is 0 Å². The highest BCUT2D eigenvalue weighted by Crippen LogP contribution is 2.54. The van der Waals surface area contributed by atoms with Crippen LogP contribution in [-0.4, -0.2) is 17.0 Å². The minimum absolute atomic E-state index is 0.00817. The molecule has 0 aromatic rings. The summed E-state index contributed by atoms with van der Waals surface area (Å²) in [6.07, 6.45) is 2.09. The summed E-state index contributed by atoms with van der Waals surface area (Å²) < 4.78 is 25.5. The topological polar surface area (TPSA) is 3.24 Å². The third kappa shape index (κ3) is 1.39. The molecule has 0 amide bonds. The molecule has 2 rings (SSSR count). The summed E-state index contributed by atoms with van der Waals surface area (Å²) in [5.74, 6) is 0. The summed E-state index contributed by atoms with van der Waals surface area (Å²) in [7, 11) is 0. The Balaban J connectivity index is 2.40. The van der Waals surface area contributed by atoms with E-state index in [2.05, 4.69) is 20.8 Å². The first-order valence-electron chi connectivity index (χ1n) is 5.70. The molecule has 0 radical (unpaired) electrons. The zero-order valence-corrected chi connectivity index (χ0v) is 9.74. The van der Waals surface area contributed by atoms with E-state index in [-0.39, 0.29) is 11.0 Å². The minimum Gasteiger partial charge on any atom is -0.364 e. The molecule has 2 aliphatic rings. The SMILES string of the molecule is CC(C)(C)C12CCCN1C(=C(F)F)CC2. The second kappa shape index (κ2) is 3.19. The molecule has 86 valence electrons. The van der Waals surface area contributed by atoms with Gasteiger partial charge in [0.1, 0.15) is 0 Å². The van der Waals surface area contributed by atoms with E-state index in [1.807, 2.05) is 4.90 Å². The van der Waals surface area contributed by atoms with Crippen molar-refractivity contribution in [3.63, 3.8) is 0 Å². The van der Waals surface area contributed by atoms with Crippen LogP contribution in [0.15, 0.2) is 11.8 Å². The lowest BCUT2D eigenvalue weighted by Gasteiger charge is -2.45. The van der Waals surface area contributed by atoms with Crippen molar-refractivity contribution in [3.05, 3.63) is 11.8 Å². The van der Waals surface area contributed by atoms with Gasteiger partial charge < -0.3 is 4.90 Å². The first kappa shape index (κ1) is 10.9. The summed E-state index contributed by atoms with van der Waals surface area (Å²) in [5, 5.41) is 0. The summed E-state index contributed by atoms with van der Waals surface area (Å²) in [6, 6.07) is 0. The zero-order chi connectivity index (χ0) is 11.3.